The highest BCUT2D eigenvalue weighted by Gasteiger charge is 2.19. The molecule has 4 nitrogen and oxygen atoms in total. The molecule has 2 rings (SSSR count). The third kappa shape index (κ3) is 4.33. The number of benzene rings is 1. The van der Waals surface area contributed by atoms with Crippen molar-refractivity contribution in [2.24, 2.45) is 11.7 Å². The van der Waals surface area contributed by atoms with E-state index in [0.29, 0.717) is 18.9 Å². The molecule has 19 heavy (non-hydrogen) atoms. The summed E-state index contributed by atoms with van der Waals surface area (Å²) in [6.45, 7) is 3.57. The summed E-state index contributed by atoms with van der Waals surface area (Å²) in [4.78, 5) is 14.2. The third-order valence-electron chi connectivity index (χ3n) is 3.70. The molecule has 1 fully saturated rings. The molecule has 1 aliphatic heterocycles. The van der Waals surface area contributed by atoms with Crippen molar-refractivity contribution in [3.05, 3.63) is 35.4 Å². The van der Waals surface area contributed by atoms with E-state index in [-0.39, 0.29) is 5.91 Å². The normalized spacial score (nSPS) is 19.6. The van der Waals surface area contributed by atoms with Gasteiger partial charge in [-0.2, -0.15) is 0 Å². The van der Waals surface area contributed by atoms with E-state index in [0.717, 1.165) is 30.8 Å². The van der Waals surface area contributed by atoms with Gasteiger partial charge in [0.2, 0.25) is 5.91 Å². The van der Waals surface area contributed by atoms with Crippen LogP contribution < -0.4 is 11.1 Å². The van der Waals surface area contributed by atoms with E-state index >= 15 is 0 Å². The van der Waals surface area contributed by atoms with Gasteiger partial charge in [0.05, 0.1) is 6.42 Å². The van der Waals surface area contributed by atoms with Crippen molar-refractivity contribution in [2.45, 2.75) is 19.4 Å². The van der Waals surface area contributed by atoms with Crippen LogP contribution in [0.3, 0.4) is 0 Å². The van der Waals surface area contributed by atoms with Crippen LogP contribution in [0.2, 0.25) is 0 Å². The van der Waals surface area contributed by atoms with Crippen molar-refractivity contribution >= 4 is 5.91 Å². The van der Waals surface area contributed by atoms with E-state index in [9.17, 15) is 4.79 Å². The molecule has 0 spiro atoms. The van der Waals surface area contributed by atoms with Gasteiger partial charge in [0, 0.05) is 19.6 Å². The van der Waals surface area contributed by atoms with Gasteiger partial charge >= 0.3 is 0 Å². The van der Waals surface area contributed by atoms with Gasteiger partial charge < -0.3 is 16.0 Å². The smallest absolute Gasteiger partial charge is 0.224 e. The Kier molecular flexibility index (Phi) is 4.93. The van der Waals surface area contributed by atoms with Crippen LogP contribution in [0.15, 0.2) is 24.3 Å². The highest BCUT2D eigenvalue weighted by molar-refractivity contribution is 5.78. The van der Waals surface area contributed by atoms with Crippen LogP contribution in [0, 0.1) is 5.92 Å². The first-order valence-electron chi connectivity index (χ1n) is 6.90. The highest BCUT2D eigenvalue weighted by atomic mass is 16.1. The second kappa shape index (κ2) is 6.68. The zero-order chi connectivity index (χ0) is 13.7. The molecular formula is C15H23N3O. The quantitative estimate of drug-likeness (QED) is 0.822. The Morgan fingerprint density at radius 2 is 2.05 bits per heavy atom. The lowest BCUT2D eigenvalue weighted by Gasteiger charge is -2.11. The first-order valence-corrected chi connectivity index (χ1v) is 6.90. The number of likely N-dealkylation sites (tertiary alicyclic amines) is 1. The van der Waals surface area contributed by atoms with Gasteiger partial charge in [-0.05, 0) is 37.1 Å². The lowest BCUT2D eigenvalue weighted by atomic mass is 10.1. The number of nitrogens with one attached hydrogen (secondary N) is 1. The Balaban J connectivity index is 1.74. The lowest BCUT2D eigenvalue weighted by molar-refractivity contribution is -0.120. The summed E-state index contributed by atoms with van der Waals surface area (Å²) < 4.78 is 0. The van der Waals surface area contributed by atoms with Crippen LogP contribution in [-0.4, -0.2) is 37.5 Å². The van der Waals surface area contributed by atoms with E-state index in [1.807, 2.05) is 24.3 Å². The maximum Gasteiger partial charge on any atom is 0.224 e. The molecule has 4 heteroatoms. The standard InChI is InChI=1S/C15H23N3O/c1-18-7-6-14(11-18)10-17-15(19)8-12-2-4-13(9-16)5-3-12/h2-5,14H,6-11,16H2,1H3,(H,17,19). The van der Waals surface area contributed by atoms with Gasteiger partial charge in [-0.25, -0.2) is 0 Å². The number of nitrogens with two attached hydrogens (primary N) is 1. The fourth-order valence-corrected chi connectivity index (χ4v) is 2.49. The largest absolute Gasteiger partial charge is 0.355 e. The van der Waals surface area contributed by atoms with Crippen molar-refractivity contribution < 1.29 is 4.79 Å². The summed E-state index contributed by atoms with van der Waals surface area (Å²) in [5.41, 5.74) is 7.68. The first kappa shape index (κ1) is 14.0. The fourth-order valence-electron chi connectivity index (χ4n) is 2.49. The van der Waals surface area contributed by atoms with Crippen LogP contribution >= 0.6 is 0 Å². The van der Waals surface area contributed by atoms with Gasteiger partial charge in [0.25, 0.3) is 0 Å². The SMILES string of the molecule is CN1CCC(CNC(=O)Cc2ccc(CN)cc2)C1. The average Bonchev–Trinajstić information content (AvgIpc) is 2.83. The zero-order valence-corrected chi connectivity index (χ0v) is 11.6. The summed E-state index contributed by atoms with van der Waals surface area (Å²) in [6.07, 6.45) is 1.63. The monoisotopic (exact) mass is 261 g/mol. The second-order valence-electron chi connectivity index (χ2n) is 5.42. The summed E-state index contributed by atoms with van der Waals surface area (Å²) in [6, 6.07) is 7.92. The van der Waals surface area contributed by atoms with E-state index in [2.05, 4.69) is 17.3 Å². The fraction of sp³-hybridized carbons (Fsp3) is 0.533. The van der Waals surface area contributed by atoms with Crippen LogP contribution in [0.25, 0.3) is 0 Å². The molecule has 1 unspecified atom stereocenters. The number of hydrogen-bond acceptors (Lipinski definition) is 3. The van der Waals surface area contributed by atoms with Crippen LogP contribution in [0.4, 0.5) is 0 Å². The van der Waals surface area contributed by atoms with Gasteiger partial charge in [0.1, 0.15) is 0 Å². The molecule has 1 heterocycles. The lowest BCUT2D eigenvalue weighted by Crippen LogP contribution is -2.31. The maximum atomic E-state index is 11.9. The maximum absolute atomic E-state index is 11.9. The van der Waals surface area contributed by atoms with E-state index < -0.39 is 0 Å². The molecule has 0 saturated carbocycles. The molecule has 0 aliphatic carbocycles. The van der Waals surface area contributed by atoms with E-state index in [1.165, 1.54) is 6.42 Å². The summed E-state index contributed by atoms with van der Waals surface area (Å²) in [5, 5.41) is 3.03. The summed E-state index contributed by atoms with van der Waals surface area (Å²) in [5.74, 6) is 0.712. The van der Waals surface area contributed by atoms with Crippen LogP contribution in [0.5, 0.6) is 0 Å². The number of carbonyl (C=O) groups is 1. The van der Waals surface area contributed by atoms with Gasteiger partial charge in [-0.1, -0.05) is 24.3 Å². The number of hydrogen-bond donors (Lipinski definition) is 2. The molecular weight excluding hydrogens is 238 g/mol. The molecule has 0 radical (unpaired) electrons. The molecule has 0 aromatic heterocycles. The topological polar surface area (TPSA) is 58.4 Å². The molecule has 1 aromatic rings. The molecule has 0 bridgehead atoms. The molecule has 1 saturated heterocycles. The van der Waals surface area contributed by atoms with Crippen LogP contribution in [0.1, 0.15) is 17.5 Å². The zero-order valence-electron chi connectivity index (χ0n) is 11.6. The van der Waals surface area contributed by atoms with Crippen molar-refractivity contribution in [2.75, 3.05) is 26.7 Å². The summed E-state index contributed by atoms with van der Waals surface area (Å²) in [7, 11) is 2.13. The Bertz CT molecular complexity index is 416. The van der Waals surface area contributed by atoms with Gasteiger partial charge in [-0.15, -0.1) is 0 Å². The minimum atomic E-state index is 0.107. The molecule has 1 amide bonds. The molecule has 3 N–H and O–H groups in total. The number of nitrogens with zero attached hydrogens (tertiary/aromatic N) is 1. The van der Waals surface area contributed by atoms with Crippen molar-refractivity contribution in [3.63, 3.8) is 0 Å². The molecule has 1 aliphatic rings. The Labute approximate surface area is 115 Å². The predicted molar refractivity (Wildman–Crippen MR) is 76.7 cm³/mol. The van der Waals surface area contributed by atoms with Crippen LogP contribution in [-0.2, 0) is 17.8 Å². The predicted octanol–water partition coefficient (Wildman–Crippen LogP) is 0.756. The van der Waals surface area contributed by atoms with Gasteiger partial charge in [0.15, 0.2) is 0 Å². The third-order valence-corrected chi connectivity index (χ3v) is 3.70. The first-order chi connectivity index (χ1) is 9.17. The Hall–Kier alpha value is -1.39. The number of amides is 1. The average molecular weight is 261 g/mol. The molecule has 1 aromatic carbocycles. The van der Waals surface area contributed by atoms with E-state index in [1.54, 1.807) is 0 Å². The van der Waals surface area contributed by atoms with Gasteiger partial charge in [-0.3, -0.25) is 4.79 Å². The second-order valence-corrected chi connectivity index (χ2v) is 5.42. The summed E-state index contributed by atoms with van der Waals surface area (Å²) >= 11 is 0. The Morgan fingerprint density at radius 3 is 2.63 bits per heavy atom. The van der Waals surface area contributed by atoms with Crippen molar-refractivity contribution in [1.82, 2.24) is 10.2 Å². The highest BCUT2D eigenvalue weighted by Crippen LogP contribution is 2.13. The van der Waals surface area contributed by atoms with E-state index in [4.69, 9.17) is 5.73 Å². The van der Waals surface area contributed by atoms with Crippen molar-refractivity contribution in [3.8, 4) is 0 Å². The molecule has 104 valence electrons. The Morgan fingerprint density at radius 1 is 1.37 bits per heavy atom. The number of carbonyl (C=O) groups excluding carboxylic acids is 1. The minimum Gasteiger partial charge on any atom is -0.355 e. The number of rotatable bonds is 5. The van der Waals surface area contributed by atoms with Crippen molar-refractivity contribution in [1.29, 1.82) is 0 Å². The molecule has 1 atom stereocenters. The minimum absolute atomic E-state index is 0.107.